The fraction of sp³-hybridized carbons (Fsp3) is 0.520. The minimum absolute atomic E-state index is 0.0302. The predicted molar refractivity (Wildman–Crippen MR) is 129 cm³/mol. The van der Waals surface area contributed by atoms with Crippen LogP contribution in [0, 0.1) is 5.41 Å². The zero-order valence-electron chi connectivity index (χ0n) is 19.7. The zero-order chi connectivity index (χ0) is 24.1. The van der Waals surface area contributed by atoms with Crippen LogP contribution in [0.4, 0.5) is 4.79 Å². The molecule has 0 unspecified atom stereocenters. The summed E-state index contributed by atoms with van der Waals surface area (Å²) in [5.74, 6) is -0.0302. The summed E-state index contributed by atoms with van der Waals surface area (Å²) in [6.45, 7) is 6.96. The molecule has 1 saturated heterocycles. The molecule has 34 heavy (non-hydrogen) atoms. The predicted octanol–water partition coefficient (Wildman–Crippen LogP) is 4.16. The van der Waals surface area contributed by atoms with E-state index in [4.69, 9.17) is 9.47 Å². The third kappa shape index (κ3) is 4.68. The molecule has 0 radical (unpaired) electrons. The highest BCUT2D eigenvalue weighted by Crippen LogP contribution is 2.61. The number of hydrogen-bond donors (Lipinski definition) is 0. The summed E-state index contributed by atoms with van der Waals surface area (Å²) >= 11 is 3.42. The fourth-order valence-corrected chi connectivity index (χ4v) is 5.41. The van der Waals surface area contributed by atoms with Crippen LogP contribution in [0.25, 0.3) is 6.08 Å². The summed E-state index contributed by atoms with van der Waals surface area (Å²) in [5.41, 5.74) is 1.58. The van der Waals surface area contributed by atoms with Crippen LogP contribution in [0.5, 0.6) is 0 Å². The number of ether oxygens (including phenoxy) is 2. The second-order valence-electron chi connectivity index (χ2n) is 10.4. The van der Waals surface area contributed by atoms with E-state index in [9.17, 15) is 9.59 Å². The molecule has 2 aromatic rings. The highest BCUT2D eigenvalue weighted by atomic mass is 79.9. The van der Waals surface area contributed by atoms with Gasteiger partial charge in [0.2, 0.25) is 0 Å². The maximum atomic E-state index is 13.6. The number of carbonyl (C=O) groups excluding carboxylic acids is 2. The molecule has 4 heterocycles. The van der Waals surface area contributed by atoms with Gasteiger partial charge in [-0.05, 0) is 73.3 Å². The van der Waals surface area contributed by atoms with Crippen molar-refractivity contribution in [1.29, 1.82) is 0 Å². The number of likely N-dealkylation sites (tertiary alicyclic amines) is 1. The van der Waals surface area contributed by atoms with Crippen molar-refractivity contribution in [3.63, 3.8) is 0 Å². The van der Waals surface area contributed by atoms with Crippen molar-refractivity contribution in [2.45, 2.75) is 70.9 Å². The lowest BCUT2D eigenvalue weighted by Crippen LogP contribution is -2.46. The molecule has 0 N–H and O–H groups in total. The number of Topliss-reactive ketones (excluding diaryl/α,β-unsaturated/α-hetero) is 1. The first-order valence-corrected chi connectivity index (χ1v) is 12.4. The molecule has 0 aromatic carbocycles. The third-order valence-corrected chi connectivity index (χ3v) is 7.11. The minimum Gasteiger partial charge on any atom is -0.444 e. The standard InChI is InChI=1S/C25H29BrN4O4/c1-24(2,3)34-23(32)30-19-12-25(13-21(25)30)15-29-9-8-17(28-29)5-4-10-33-14-16-6-7-22(26)27-18(16)11-20(19)31/h4-9,19,21H,10-15H2,1-3H3/b5-4+/t19-,21+,25-/m0/s1. The van der Waals surface area contributed by atoms with Crippen LogP contribution in [0.3, 0.4) is 0 Å². The van der Waals surface area contributed by atoms with E-state index in [1.165, 1.54) is 0 Å². The number of ketones is 1. The molecule has 2 aliphatic heterocycles. The van der Waals surface area contributed by atoms with Gasteiger partial charge in [-0.1, -0.05) is 12.1 Å². The Morgan fingerprint density at radius 3 is 2.88 bits per heavy atom. The first-order valence-electron chi connectivity index (χ1n) is 11.6. The van der Waals surface area contributed by atoms with Crippen LogP contribution in [0.2, 0.25) is 0 Å². The smallest absolute Gasteiger partial charge is 0.411 e. The first kappa shape index (κ1) is 23.2. The molecule has 2 aromatic heterocycles. The summed E-state index contributed by atoms with van der Waals surface area (Å²) in [6, 6.07) is 5.15. The molecule has 3 aliphatic rings. The minimum atomic E-state index is -0.639. The van der Waals surface area contributed by atoms with Gasteiger partial charge in [-0.2, -0.15) is 5.10 Å². The Balaban J connectivity index is 1.50. The van der Waals surface area contributed by atoms with Crippen molar-refractivity contribution in [1.82, 2.24) is 19.7 Å². The fourth-order valence-electron chi connectivity index (χ4n) is 5.07. The maximum absolute atomic E-state index is 13.6. The van der Waals surface area contributed by atoms with Crippen LogP contribution >= 0.6 is 15.9 Å². The molecule has 9 heteroatoms. The molecule has 8 nitrogen and oxygen atoms in total. The molecule has 180 valence electrons. The third-order valence-electron chi connectivity index (χ3n) is 6.67. The molecule has 3 atom stereocenters. The van der Waals surface area contributed by atoms with Crippen molar-refractivity contribution in [3.05, 3.63) is 52.0 Å². The number of nitrogens with zero attached hydrogens (tertiary/aromatic N) is 4. The van der Waals surface area contributed by atoms with E-state index in [0.717, 1.165) is 17.7 Å². The van der Waals surface area contributed by atoms with Crippen LogP contribution in [0.1, 0.15) is 50.6 Å². The van der Waals surface area contributed by atoms with Gasteiger partial charge in [0.25, 0.3) is 0 Å². The number of hydrogen-bond acceptors (Lipinski definition) is 6. The van der Waals surface area contributed by atoms with Gasteiger partial charge in [-0.25, -0.2) is 9.78 Å². The molecule has 1 spiro atoms. The number of halogens is 1. The van der Waals surface area contributed by atoms with E-state index < -0.39 is 17.7 Å². The largest absolute Gasteiger partial charge is 0.444 e. The molecule has 1 amide bonds. The van der Waals surface area contributed by atoms with E-state index in [0.29, 0.717) is 36.5 Å². The van der Waals surface area contributed by atoms with Gasteiger partial charge in [0.1, 0.15) is 10.2 Å². The normalized spacial score (nSPS) is 27.6. The van der Waals surface area contributed by atoms with Gasteiger partial charge < -0.3 is 9.47 Å². The second kappa shape index (κ2) is 8.61. The number of amides is 1. The molecular formula is C25H29BrN4O4. The summed E-state index contributed by atoms with van der Waals surface area (Å²) in [4.78, 5) is 33.1. The Morgan fingerprint density at radius 1 is 1.26 bits per heavy atom. The van der Waals surface area contributed by atoms with E-state index in [1.807, 2.05) is 62.0 Å². The molecular weight excluding hydrogens is 500 g/mol. The summed E-state index contributed by atoms with van der Waals surface area (Å²) in [6.07, 6.45) is 6.97. The van der Waals surface area contributed by atoms with Crippen molar-refractivity contribution in [3.8, 4) is 0 Å². The lowest BCUT2D eigenvalue weighted by molar-refractivity contribution is -0.123. The number of piperidine rings is 1. The molecule has 1 saturated carbocycles. The number of aromatic nitrogens is 3. The molecule has 1 aliphatic carbocycles. The lowest BCUT2D eigenvalue weighted by Gasteiger charge is -2.30. The lowest BCUT2D eigenvalue weighted by atomic mass is 9.94. The van der Waals surface area contributed by atoms with Gasteiger partial charge in [0.05, 0.1) is 37.1 Å². The second-order valence-corrected chi connectivity index (χ2v) is 11.2. The van der Waals surface area contributed by atoms with Crippen molar-refractivity contribution in [2.75, 3.05) is 6.61 Å². The van der Waals surface area contributed by atoms with Crippen LogP contribution in [-0.4, -0.2) is 55.8 Å². The Hall–Kier alpha value is -2.52. The Morgan fingerprint density at radius 2 is 2.09 bits per heavy atom. The van der Waals surface area contributed by atoms with Crippen LogP contribution in [-0.2, 0) is 33.8 Å². The Bertz CT molecular complexity index is 1150. The topological polar surface area (TPSA) is 86.6 Å². The van der Waals surface area contributed by atoms with Gasteiger partial charge >= 0.3 is 6.09 Å². The Kier molecular flexibility index (Phi) is 5.88. The average Bonchev–Trinajstić information content (AvgIpc) is 3.09. The van der Waals surface area contributed by atoms with E-state index >= 15 is 0 Å². The highest BCUT2D eigenvalue weighted by Gasteiger charge is 2.67. The molecule has 4 bridgehead atoms. The summed E-state index contributed by atoms with van der Waals surface area (Å²) in [7, 11) is 0. The SMILES string of the molecule is CC(C)(C)OC(=O)N1[C@H]2C[C@]3(C[C@@H]13)Cn1ccc(n1)/C=C/COCc1ccc(Br)nc1CC2=O. The number of carbonyl (C=O) groups is 2. The first-order chi connectivity index (χ1) is 16.1. The summed E-state index contributed by atoms with van der Waals surface area (Å²) in [5, 5.41) is 4.66. The monoisotopic (exact) mass is 528 g/mol. The number of fused-ring (bicyclic) bond motifs is 4. The number of pyridine rings is 1. The molecule has 5 rings (SSSR count). The van der Waals surface area contributed by atoms with Crippen LogP contribution < -0.4 is 0 Å². The zero-order valence-corrected chi connectivity index (χ0v) is 21.2. The van der Waals surface area contributed by atoms with E-state index in [2.05, 4.69) is 26.0 Å². The van der Waals surface area contributed by atoms with E-state index in [1.54, 1.807) is 4.90 Å². The van der Waals surface area contributed by atoms with Crippen LogP contribution in [0.15, 0.2) is 35.1 Å². The Labute approximate surface area is 207 Å². The van der Waals surface area contributed by atoms with Gasteiger partial charge in [0, 0.05) is 24.2 Å². The quantitative estimate of drug-likeness (QED) is 0.477. The number of rotatable bonds is 0. The van der Waals surface area contributed by atoms with E-state index in [-0.39, 0.29) is 23.7 Å². The van der Waals surface area contributed by atoms with Gasteiger partial charge in [-0.15, -0.1) is 0 Å². The van der Waals surface area contributed by atoms with Gasteiger partial charge in [0.15, 0.2) is 5.78 Å². The highest BCUT2D eigenvalue weighted by molar-refractivity contribution is 9.10. The average molecular weight is 529 g/mol. The summed E-state index contributed by atoms with van der Waals surface area (Å²) < 4.78 is 14.1. The van der Waals surface area contributed by atoms with Crippen molar-refractivity contribution in [2.24, 2.45) is 5.41 Å². The maximum Gasteiger partial charge on any atom is 0.411 e. The van der Waals surface area contributed by atoms with Crippen molar-refractivity contribution < 1.29 is 19.1 Å². The molecule has 2 fully saturated rings. The van der Waals surface area contributed by atoms with Gasteiger partial charge in [-0.3, -0.25) is 14.4 Å². The van der Waals surface area contributed by atoms with Crippen molar-refractivity contribution >= 4 is 33.9 Å².